The van der Waals surface area contributed by atoms with E-state index < -0.39 is 0 Å². The third kappa shape index (κ3) is 8.65. The van der Waals surface area contributed by atoms with Gasteiger partial charge in [0.1, 0.15) is 5.82 Å². The molecular formula is C20H39IN6O. The molecular weight excluding hydrogens is 467 g/mol. The molecule has 1 aromatic rings. The second-order valence-electron chi connectivity index (χ2n) is 8.13. The number of imidazole rings is 1. The monoisotopic (exact) mass is 506 g/mol. The number of aliphatic imine (C=N–C) groups is 1. The van der Waals surface area contributed by atoms with Crippen LogP contribution in [0.15, 0.2) is 17.4 Å². The maximum atomic E-state index is 5.51. The molecule has 8 heteroatoms. The number of rotatable bonds is 9. The Labute approximate surface area is 187 Å². The second kappa shape index (κ2) is 13.4. The molecule has 28 heavy (non-hydrogen) atoms. The average Bonchev–Trinajstić information content (AvgIpc) is 3.07. The van der Waals surface area contributed by atoms with Crippen LogP contribution in [0.2, 0.25) is 0 Å². The lowest BCUT2D eigenvalue weighted by atomic mass is 10.0. The van der Waals surface area contributed by atoms with Crippen LogP contribution in [0.3, 0.4) is 0 Å². The van der Waals surface area contributed by atoms with Gasteiger partial charge in [-0.1, -0.05) is 27.7 Å². The van der Waals surface area contributed by atoms with Crippen molar-refractivity contribution in [2.24, 2.45) is 16.8 Å². The van der Waals surface area contributed by atoms with Gasteiger partial charge >= 0.3 is 0 Å². The summed E-state index contributed by atoms with van der Waals surface area (Å²) in [5, 5.41) is 6.92. The first kappa shape index (κ1) is 25.2. The van der Waals surface area contributed by atoms with Crippen LogP contribution in [0.4, 0.5) is 0 Å². The third-order valence-electron chi connectivity index (χ3n) is 4.81. The molecule has 1 unspecified atom stereocenters. The van der Waals surface area contributed by atoms with Crippen LogP contribution in [0, 0.1) is 11.8 Å². The predicted molar refractivity (Wildman–Crippen MR) is 126 cm³/mol. The standard InChI is InChI=1S/C20H38N6O.HI/c1-16(2)12-18(25-8-10-27-11-9-25)13-23-20(21-5)24-14-19-22-6-7-26(19)15-17(3)4;/h6-7,16-18H,8-15H2,1-5H3,(H2,21,23,24);1H. The lowest BCUT2D eigenvalue weighted by Gasteiger charge is -2.35. The SMILES string of the molecule is CN=C(NCc1nccn1CC(C)C)NCC(CC(C)C)N1CCOCC1.I. The molecule has 1 aliphatic rings. The first-order valence-corrected chi connectivity index (χ1v) is 10.3. The van der Waals surface area contributed by atoms with Gasteiger partial charge in [0.25, 0.3) is 0 Å². The molecule has 2 rings (SSSR count). The van der Waals surface area contributed by atoms with E-state index in [0.717, 1.165) is 51.2 Å². The minimum Gasteiger partial charge on any atom is -0.379 e. The Bertz CT molecular complexity index is 569. The number of guanidine groups is 1. The smallest absolute Gasteiger partial charge is 0.191 e. The van der Waals surface area contributed by atoms with Gasteiger partial charge < -0.3 is 19.9 Å². The van der Waals surface area contributed by atoms with Crippen LogP contribution in [0.1, 0.15) is 39.9 Å². The Morgan fingerprint density at radius 3 is 2.50 bits per heavy atom. The van der Waals surface area contributed by atoms with E-state index in [9.17, 15) is 0 Å². The zero-order valence-electron chi connectivity index (χ0n) is 18.1. The van der Waals surface area contributed by atoms with Gasteiger partial charge in [0, 0.05) is 51.7 Å². The van der Waals surface area contributed by atoms with Gasteiger partial charge in [-0.3, -0.25) is 9.89 Å². The summed E-state index contributed by atoms with van der Waals surface area (Å²) in [7, 11) is 1.82. The highest BCUT2D eigenvalue weighted by atomic mass is 127. The van der Waals surface area contributed by atoms with Crippen LogP contribution in [0.5, 0.6) is 0 Å². The van der Waals surface area contributed by atoms with Crippen molar-refractivity contribution in [2.75, 3.05) is 39.9 Å². The molecule has 7 nitrogen and oxygen atoms in total. The fourth-order valence-electron chi connectivity index (χ4n) is 3.51. The van der Waals surface area contributed by atoms with E-state index in [1.54, 1.807) is 0 Å². The van der Waals surface area contributed by atoms with Crippen molar-refractivity contribution in [2.45, 2.75) is 53.2 Å². The zero-order valence-corrected chi connectivity index (χ0v) is 20.5. The molecule has 1 fully saturated rings. The molecule has 1 aromatic heterocycles. The van der Waals surface area contributed by atoms with Crippen molar-refractivity contribution in [3.05, 3.63) is 18.2 Å². The van der Waals surface area contributed by atoms with Crippen LogP contribution in [-0.2, 0) is 17.8 Å². The van der Waals surface area contributed by atoms with Gasteiger partial charge in [-0.2, -0.15) is 0 Å². The summed E-state index contributed by atoms with van der Waals surface area (Å²) < 4.78 is 7.72. The van der Waals surface area contributed by atoms with E-state index >= 15 is 0 Å². The van der Waals surface area contributed by atoms with Crippen LogP contribution < -0.4 is 10.6 Å². The second-order valence-corrected chi connectivity index (χ2v) is 8.13. The first-order valence-electron chi connectivity index (χ1n) is 10.3. The molecule has 1 aliphatic heterocycles. The highest BCUT2D eigenvalue weighted by Crippen LogP contribution is 2.13. The van der Waals surface area contributed by atoms with Gasteiger partial charge in [0.2, 0.25) is 0 Å². The van der Waals surface area contributed by atoms with Crippen LogP contribution >= 0.6 is 24.0 Å². The number of ether oxygens (including phenoxy) is 1. The molecule has 0 aliphatic carbocycles. The molecule has 0 saturated carbocycles. The van der Waals surface area contributed by atoms with Crippen LogP contribution in [-0.4, -0.2) is 66.3 Å². The molecule has 0 aromatic carbocycles. The van der Waals surface area contributed by atoms with Gasteiger partial charge in [-0.05, 0) is 18.3 Å². The van der Waals surface area contributed by atoms with Crippen molar-refractivity contribution >= 4 is 29.9 Å². The topological polar surface area (TPSA) is 66.7 Å². The maximum Gasteiger partial charge on any atom is 0.191 e. The lowest BCUT2D eigenvalue weighted by molar-refractivity contribution is 0.0132. The van der Waals surface area contributed by atoms with E-state index in [1.165, 1.54) is 6.42 Å². The molecule has 1 atom stereocenters. The fraction of sp³-hybridized carbons (Fsp3) is 0.800. The number of nitrogens with zero attached hydrogens (tertiary/aromatic N) is 4. The van der Waals surface area contributed by atoms with Gasteiger partial charge in [0.05, 0.1) is 19.8 Å². The molecule has 2 N–H and O–H groups in total. The summed E-state index contributed by atoms with van der Waals surface area (Å²) in [5.74, 6) is 3.13. The summed E-state index contributed by atoms with van der Waals surface area (Å²) in [6, 6.07) is 0.496. The Morgan fingerprint density at radius 1 is 1.18 bits per heavy atom. The molecule has 0 spiro atoms. The van der Waals surface area contributed by atoms with E-state index in [4.69, 9.17) is 4.74 Å². The minimum atomic E-state index is 0. The van der Waals surface area contributed by atoms with Crippen molar-refractivity contribution in [1.29, 1.82) is 0 Å². The van der Waals surface area contributed by atoms with E-state index in [0.29, 0.717) is 24.4 Å². The average molecular weight is 506 g/mol. The van der Waals surface area contributed by atoms with Gasteiger partial charge in [0.15, 0.2) is 5.96 Å². The largest absolute Gasteiger partial charge is 0.379 e. The van der Waals surface area contributed by atoms with Gasteiger partial charge in [-0.15, -0.1) is 24.0 Å². The Balaban J connectivity index is 0.00000392. The molecule has 0 bridgehead atoms. The minimum absolute atomic E-state index is 0. The van der Waals surface area contributed by atoms with E-state index in [-0.39, 0.29) is 24.0 Å². The summed E-state index contributed by atoms with van der Waals surface area (Å²) in [4.78, 5) is 11.4. The summed E-state index contributed by atoms with van der Waals surface area (Å²) >= 11 is 0. The Hall–Kier alpha value is -0.870. The number of halogens is 1. The number of morpholine rings is 1. The molecule has 162 valence electrons. The van der Waals surface area contributed by atoms with Crippen LogP contribution in [0.25, 0.3) is 0 Å². The first-order chi connectivity index (χ1) is 13.0. The number of nitrogens with one attached hydrogen (secondary N) is 2. The number of hydrogen-bond acceptors (Lipinski definition) is 4. The predicted octanol–water partition coefficient (Wildman–Crippen LogP) is 2.57. The highest BCUT2D eigenvalue weighted by Gasteiger charge is 2.22. The van der Waals surface area contributed by atoms with Crippen molar-refractivity contribution in [1.82, 2.24) is 25.1 Å². The van der Waals surface area contributed by atoms with Crippen molar-refractivity contribution in [3.63, 3.8) is 0 Å². The highest BCUT2D eigenvalue weighted by molar-refractivity contribution is 14.0. The summed E-state index contributed by atoms with van der Waals surface area (Å²) in [5.41, 5.74) is 0. The summed E-state index contributed by atoms with van der Waals surface area (Å²) in [6.07, 6.45) is 5.08. The molecule has 1 saturated heterocycles. The Kier molecular flexibility index (Phi) is 12.0. The van der Waals surface area contributed by atoms with Gasteiger partial charge in [-0.25, -0.2) is 4.98 Å². The number of aromatic nitrogens is 2. The molecule has 2 heterocycles. The normalized spacial score (nSPS) is 16.9. The molecule has 0 radical (unpaired) electrons. The number of hydrogen-bond donors (Lipinski definition) is 2. The third-order valence-corrected chi connectivity index (χ3v) is 4.81. The fourth-order valence-corrected chi connectivity index (χ4v) is 3.51. The van der Waals surface area contributed by atoms with E-state index in [2.05, 4.69) is 57.8 Å². The maximum absolute atomic E-state index is 5.51. The summed E-state index contributed by atoms with van der Waals surface area (Å²) in [6.45, 7) is 15.2. The van der Waals surface area contributed by atoms with E-state index in [1.807, 2.05) is 19.4 Å². The van der Waals surface area contributed by atoms with Crippen molar-refractivity contribution < 1.29 is 4.74 Å². The van der Waals surface area contributed by atoms with Crippen molar-refractivity contribution in [3.8, 4) is 0 Å². The zero-order chi connectivity index (χ0) is 19.6. The lowest BCUT2D eigenvalue weighted by Crippen LogP contribution is -2.51. The Morgan fingerprint density at radius 2 is 1.89 bits per heavy atom. The molecule has 0 amide bonds. The quantitative estimate of drug-likeness (QED) is 0.306.